The van der Waals surface area contributed by atoms with Gasteiger partial charge in [0.1, 0.15) is 0 Å². The Morgan fingerprint density at radius 3 is 2.67 bits per heavy atom. The number of rotatable bonds is 2. The molecule has 5 nitrogen and oxygen atoms in total. The lowest BCUT2D eigenvalue weighted by Crippen LogP contribution is -2.07. The van der Waals surface area contributed by atoms with Gasteiger partial charge in [0.05, 0.1) is 22.5 Å². The van der Waals surface area contributed by atoms with Gasteiger partial charge in [0.2, 0.25) is 0 Å². The minimum Gasteiger partial charge on any atom is -0.478 e. The van der Waals surface area contributed by atoms with E-state index in [1.165, 1.54) is 6.20 Å². The number of benzene rings is 1. The van der Waals surface area contributed by atoms with Crippen molar-refractivity contribution in [2.75, 3.05) is 0 Å². The molecule has 0 unspecified atom stereocenters. The number of fused-ring (bicyclic) bond motifs is 1. The van der Waals surface area contributed by atoms with Gasteiger partial charge in [-0.3, -0.25) is 0 Å². The number of carboxylic acid groups (broad SMARTS) is 1. The second-order valence-corrected chi connectivity index (χ2v) is 5.15. The van der Waals surface area contributed by atoms with Crippen molar-refractivity contribution in [1.29, 1.82) is 0 Å². The number of carbonyl (C=O) groups is 1. The fraction of sp³-hybridized carbons (Fsp3) is 0.133. The third-order valence-electron chi connectivity index (χ3n) is 3.43. The van der Waals surface area contributed by atoms with Gasteiger partial charge in [-0.15, -0.1) is 0 Å². The molecule has 2 heterocycles. The van der Waals surface area contributed by atoms with E-state index in [0.29, 0.717) is 16.4 Å². The molecule has 0 atom stereocenters. The molecule has 21 heavy (non-hydrogen) atoms. The number of carboxylic acids is 1. The maximum atomic E-state index is 11.2. The summed E-state index contributed by atoms with van der Waals surface area (Å²) in [6.07, 6.45) is 1.36. The van der Waals surface area contributed by atoms with Crippen LogP contribution < -0.4 is 0 Å². The highest BCUT2D eigenvalue weighted by Crippen LogP contribution is 2.33. The average Bonchev–Trinajstić information content (AvgIpc) is 2.77. The van der Waals surface area contributed by atoms with Crippen LogP contribution in [0.25, 0.3) is 16.8 Å². The molecule has 0 fully saturated rings. The van der Waals surface area contributed by atoms with Gasteiger partial charge in [-0.25, -0.2) is 14.3 Å². The minimum atomic E-state index is -1.02. The Hall–Kier alpha value is -2.40. The number of hydrogen-bond donors (Lipinski definition) is 1. The Bertz CT molecular complexity index is 871. The molecule has 3 rings (SSSR count). The van der Waals surface area contributed by atoms with Gasteiger partial charge < -0.3 is 5.11 Å². The van der Waals surface area contributed by atoms with Crippen LogP contribution in [0.15, 0.2) is 30.5 Å². The third-order valence-corrected chi connectivity index (χ3v) is 3.76. The summed E-state index contributed by atoms with van der Waals surface area (Å²) < 4.78 is 1.55. The van der Waals surface area contributed by atoms with E-state index in [1.54, 1.807) is 17.5 Å². The van der Waals surface area contributed by atoms with E-state index in [4.69, 9.17) is 16.7 Å². The van der Waals surface area contributed by atoms with Crippen LogP contribution >= 0.6 is 11.6 Å². The Morgan fingerprint density at radius 1 is 1.29 bits per heavy atom. The van der Waals surface area contributed by atoms with Gasteiger partial charge in [-0.1, -0.05) is 29.8 Å². The summed E-state index contributed by atoms with van der Waals surface area (Å²) in [5.74, 6) is -1.02. The Balaban J connectivity index is 2.36. The van der Waals surface area contributed by atoms with E-state index in [2.05, 4.69) is 10.1 Å². The van der Waals surface area contributed by atoms with Crippen molar-refractivity contribution >= 4 is 23.2 Å². The molecule has 0 aliphatic rings. The minimum absolute atomic E-state index is 0.135. The topological polar surface area (TPSA) is 67.5 Å². The maximum absolute atomic E-state index is 11.2. The molecule has 0 amide bonds. The van der Waals surface area contributed by atoms with Gasteiger partial charge in [-0.2, -0.15) is 5.10 Å². The van der Waals surface area contributed by atoms with Crippen molar-refractivity contribution in [1.82, 2.24) is 14.6 Å². The standard InChI is InChI=1S/C15H12ClN3O2/c1-8-13(10-5-3-4-6-12(10)16)14-17-7-11(15(20)21)9(2)19(14)18-8/h3-7H,1-2H3,(H,20,21). The summed E-state index contributed by atoms with van der Waals surface area (Å²) in [6, 6.07) is 7.45. The van der Waals surface area contributed by atoms with Crippen molar-refractivity contribution in [2.45, 2.75) is 13.8 Å². The monoisotopic (exact) mass is 301 g/mol. The van der Waals surface area contributed by atoms with Crippen molar-refractivity contribution in [3.63, 3.8) is 0 Å². The van der Waals surface area contributed by atoms with E-state index in [-0.39, 0.29) is 5.56 Å². The van der Waals surface area contributed by atoms with Gasteiger partial charge in [0.15, 0.2) is 5.65 Å². The first-order valence-corrected chi connectivity index (χ1v) is 6.71. The van der Waals surface area contributed by atoms with Crippen molar-refractivity contribution in [2.24, 2.45) is 0 Å². The van der Waals surface area contributed by atoms with Crippen molar-refractivity contribution in [3.05, 3.63) is 52.4 Å². The average molecular weight is 302 g/mol. The summed E-state index contributed by atoms with van der Waals surface area (Å²) in [4.78, 5) is 15.4. The maximum Gasteiger partial charge on any atom is 0.339 e. The van der Waals surface area contributed by atoms with E-state index in [9.17, 15) is 4.79 Å². The van der Waals surface area contributed by atoms with Crippen LogP contribution in [-0.2, 0) is 0 Å². The zero-order chi connectivity index (χ0) is 15.1. The van der Waals surface area contributed by atoms with Crippen LogP contribution in [0.4, 0.5) is 0 Å². The highest BCUT2D eigenvalue weighted by molar-refractivity contribution is 6.33. The van der Waals surface area contributed by atoms with Gasteiger partial charge in [0.25, 0.3) is 0 Å². The first-order valence-electron chi connectivity index (χ1n) is 6.34. The van der Waals surface area contributed by atoms with Crippen LogP contribution in [0.1, 0.15) is 21.7 Å². The van der Waals surface area contributed by atoms with Crippen molar-refractivity contribution < 1.29 is 9.90 Å². The molecule has 0 bridgehead atoms. The van der Waals surface area contributed by atoms with E-state index in [0.717, 1.165) is 16.8 Å². The summed E-state index contributed by atoms with van der Waals surface area (Å²) in [7, 11) is 0. The van der Waals surface area contributed by atoms with Crippen LogP contribution in [0.5, 0.6) is 0 Å². The Morgan fingerprint density at radius 2 is 2.00 bits per heavy atom. The quantitative estimate of drug-likeness (QED) is 0.788. The molecule has 0 spiro atoms. The summed E-state index contributed by atoms with van der Waals surface area (Å²) in [5, 5.41) is 14.2. The fourth-order valence-electron chi connectivity index (χ4n) is 2.39. The first-order chi connectivity index (χ1) is 10.0. The highest BCUT2D eigenvalue weighted by atomic mass is 35.5. The molecule has 0 saturated carbocycles. The number of nitrogens with zero attached hydrogens (tertiary/aromatic N) is 3. The Labute approximate surface area is 125 Å². The second-order valence-electron chi connectivity index (χ2n) is 4.74. The summed E-state index contributed by atoms with van der Waals surface area (Å²) in [6.45, 7) is 3.56. The number of aromatic nitrogens is 3. The molecule has 0 aliphatic heterocycles. The predicted octanol–water partition coefficient (Wildman–Crippen LogP) is 3.36. The molecule has 106 valence electrons. The van der Waals surface area contributed by atoms with Gasteiger partial charge >= 0.3 is 5.97 Å². The Kier molecular flexibility index (Phi) is 3.14. The molecule has 0 radical (unpaired) electrons. The van der Waals surface area contributed by atoms with Crippen LogP contribution in [0.3, 0.4) is 0 Å². The SMILES string of the molecule is Cc1nn2c(C)c(C(=O)O)cnc2c1-c1ccccc1Cl. The molecular formula is C15H12ClN3O2. The van der Waals surface area contributed by atoms with Crippen LogP contribution in [0.2, 0.25) is 5.02 Å². The van der Waals surface area contributed by atoms with E-state index < -0.39 is 5.97 Å². The molecule has 3 aromatic rings. The number of halogens is 1. The van der Waals surface area contributed by atoms with Crippen LogP contribution in [0, 0.1) is 13.8 Å². The second kappa shape index (κ2) is 4.86. The molecule has 0 aliphatic carbocycles. The number of aryl methyl sites for hydroxylation is 2. The van der Waals surface area contributed by atoms with E-state index in [1.807, 2.05) is 25.1 Å². The largest absolute Gasteiger partial charge is 0.478 e. The summed E-state index contributed by atoms with van der Waals surface area (Å²) >= 11 is 6.25. The van der Waals surface area contributed by atoms with Gasteiger partial charge in [0, 0.05) is 16.8 Å². The summed E-state index contributed by atoms with van der Waals surface area (Å²) in [5.41, 5.74) is 3.68. The number of aromatic carboxylic acids is 1. The zero-order valence-corrected chi connectivity index (χ0v) is 12.2. The molecule has 6 heteroatoms. The molecule has 2 aromatic heterocycles. The highest BCUT2D eigenvalue weighted by Gasteiger charge is 2.19. The first kappa shape index (κ1) is 13.6. The van der Waals surface area contributed by atoms with Gasteiger partial charge in [-0.05, 0) is 19.9 Å². The lowest BCUT2D eigenvalue weighted by molar-refractivity contribution is 0.0695. The third kappa shape index (κ3) is 2.06. The fourth-order valence-corrected chi connectivity index (χ4v) is 2.62. The predicted molar refractivity (Wildman–Crippen MR) is 79.9 cm³/mol. The molecule has 1 N–H and O–H groups in total. The lowest BCUT2D eigenvalue weighted by Gasteiger charge is -2.05. The zero-order valence-electron chi connectivity index (χ0n) is 11.5. The van der Waals surface area contributed by atoms with E-state index >= 15 is 0 Å². The molecule has 0 saturated heterocycles. The normalized spacial score (nSPS) is 11.0. The van der Waals surface area contributed by atoms with Crippen LogP contribution in [-0.4, -0.2) is 25.7 Å². The number of hydrogen-bond acceptors (Lipinski definition) is 3. The smallest absolute Gasteiger partial charge is 0.339 e. The lowest BCUT2D eigenvalue weighted by atomic mass is 10.1. The molecular weight excluding hydrogens is 290 g/mol. The molecule has 1 aromatic carbocycles. The van der Waals surface area contributed by atoms with Crippen molar-refractivity contribution in [3.8, 4) is 11.1 Å².